The molecule has 80 valence electrons. The van der Waals surface area contributed by atoms with Gasteiger partial charge in [0.1, 0.15) is 0 Å². The van der Waals surface area contributed by atoms with Crippen LogP contribution in [0.2, 0.25) is 0 Å². The van der Waals surface area contributed by atoms with E-state index < -0.39 is 0 Å². The molecule has 0 nitrogen and oxygen atoms in total. The smallest absolute Gasteiger partial charge is 0.00389 e. The lowest BCUT2D eigenvalue weighted by atomic mass is 10.0. The quantitative estimate of drug-likeness (QED) is 0.493. The first kappa shape index (κ1) is 9.65. The van der Waals surface area contributed by atoms with Gasteiger partial charge in [0, 0.05) is 0 Å². The van der Waals surface area contributed by atoms with Gasteiger partial charge in [-0.3, -0.25) is 0 Å². The van der Waals surface area contributed by atoms with Gasteiger partial charge in [0.25, 0.3) is 0 Å². The largest absolute Gasteiger partial charge is 0.0610 e. The molecule has 2 aliphatic rings. The van der Waals surface area contributed by atoms with Crippen molar-refractivity contribution in [1.29, 1.82) is 0 Å². The molecule has 0 atom stereocenters. The minimum atomic E-state index is 1.34. The van der Waals surface area contributed by atoms with E-state index in [1.807, 2.05) is 0 Å². The van der Waals surface area contributed by atoms with Crippen LogP contribution in [0.25, 0.3) is 22.9 Å². The third-order valence-corrected chi connectivity index (χ3v) is 3.41. The van der Waals surface area contributed by atoms with E-state index in [4.69, 9.17) is 0 Å². The highest BCUT2D eigenvalue weighted by Gasteiger charge is 2.06. The van der Waals surface area contributed by atoms with Crippen molar-refractivity contribution in [2.45, 2.75) is 25.7 Å². The van der Waals surface area contributed by atoms with Gasteiger partial charge in [-0.05, 0) is 21.9 Å². The standard InChI is InChI=1S/C12H8.C4H8/c1-3-9-4-2-6-11-8-7-10(5-1)12(9)11;1-2-4-3-1/h1-8H;1-4H2. The molecule has 1 saturated carbocycles. The fraction of sp³-hybridized carbons (Fsp3) is 0.250. The van der Waals surface area contributed by atoms with E-state index in [0.29, 0.717) is 0 Å². The summed E-state index contributed by atoms with van der Waals surface area (Å²) in [5, 5.41) is 2.75. The topological polar surface area (TPSA) is 0 Å². The van der Waals surface area contributed by atoms with E-state index in [2.05, 4.69) is 48.6 Å². The highest BCUT2D eigenvalue weighted by atomic mass is 14.1. The van der Waals surface area contributed by atoms with E-state index in [9.17, 15) is 0 Å². The van der Waals surface area contributed by atoms with Gasteiger partial charge < -0.3 is 0 Å². The molecule has 0 spiro atoms. The Balaban J connectivity index is 0.000000172. The van der Waals surface area contributed by atoms with Crippen LogP contribution in [0.3, 0.4) is 0 Å². The molecule has 0 amide bonds. The van der Waals surface area contributed by atoms with Crippen LogP contribution in [0, 0.1) is 0 Å². The van der Waals surface area contributed by atoms with Crippen molar-refractivity contribution in [2.75, 3.05) is 0 Å². The Morgan fingerprint density at radius 3 is 1.56 bits per heavy atom. The summed E-state index contributed by atoms with van der Waals surface area (Å²) in [6.45, 7) is 0. The summed E-state index contributed by atoms with van der Waals surface area (Å²) in [6, 6.07) is 12.9. The first-order valence-corrected chi connectivity index (χ1v) is 6.15. The van der Waals surface area contributed by atoms with E-state index in [1.165, 1.54) is 47.6 Å². The molecule has 0 bridgehead atoms. The fourth-order valence-corrected chi connectivity index (χ4v) is 2.11. The van der Waals surface area contributed by atoms with Gasteiger partial charge in [-0.1, -0.05) is 74.2 Å². The maximum atomic E-state index is 2.18. The molecule has 0 heterocycles. The summed E-state index contributed by atoms with van der Waals surface area (Å²) >= 11 is 0. The second-order valence-corrected chi connectivity index (χ2v) is 4.54. The molecule has 0 radical (unpaired) electrons. The van der Waals surface area contributed by atoms with Gasteiger partial charge in [0.15, 0.2) is 0 Å². The van der Waals surface area contributed by atoms with Crippen molar-refractivity contribution in [1.82, 2.24) is 0 Å². The Kier molecular flexibility index (Phi) is 2.49. The number of benzene rings is 2. The Bertz CT molecular complexity index is 486. The predicted octanol–water partition coefficient (Wildman–Crippen LogP) is 4.88. The van der Waals surface area contributed by atoms with Crippen molar-refractivity contribution < 1.29 is 0 Å². The summed E-state index contributed by atoms with van der Waals surface area (Å²) < 4.78 is 0. The number of rotatable bonds is 0. The summed E-state index contributed by atoms with van der Waals surface area (Å²) in [6.07, 6.45) is 10.4. The SMILES string of the molecule is C1=Cc2cccc3cccc1c23.C1CCC1. The van der Waals surface area contributed by atoms with Crippen molar-refractivity contribution in [3.63, 3.8) is 0 Å². The summed E-state index contributed by atoms with van der Waals surface area (Å²) in [5.41, 5.74) is 2.70. The van der Waals surface area contributed by atoms with Gasteiger partial charge in [-0.15, -0.1) is 0 Å². The molecule has 1 fully saturated rings. The van der Waals surface area contributed by atoms with E-state index >= 15 is 0 Å². The monoisotopic (exact) mass is 208 g/mol. The summed E-state index contributed by atoms with van der Waals surface area (Å²) in [7, 11) is 0. The normalized spacial score (nSPS) is 15.5. The average Bonchev–Trinajstić information content (AvgIpc) is 2.62. The zero-order valence-corrected chi connectivity index (χ0v) is 9.45. The van der Waals surface area contributed by atoms with E-state index in [1.54, 1.807) is 0 Å². The van der Waals surface area contributed by atoms with Crippen LogP contribution in [0.4, 0.5) is 0 Å². The van der Waals surface area contributed by atoms with Crippen molar-refractivity contribution >= 4 is 22.9 Å². The Labute approximate surface area is 96.6 Å². The summed E-state index contributed by atoms with van der Waals surface area (Å²) in [5.74, 6) is 0. The van der Waals surface area contributed by atoms with E-state index in [-0.39, 0.29) is 0 Å². The maximum absolute atomic E-state index is 2.18. The van der Waals surface area contributed by atoms with Crippen molar-refractivity contribution in [3.8, 4) is 0 Å². The van der Waals surface area contributed by atoms with Crippen LogP contribution >= 0.6 is 0 Å². The highest BCUT2D eigenvalue weighted by molar-refractivity contribution is 6.04. The van der Waals surface area contributed by atoms with Crippen LogP contribution < -0.4 is 0 Å². The lowest BCUT2D eigenvalue weighted by Crippen LogP contribution is -1.85. The Hall–Kier alpha value is -1.56. The predicted molar refractivity (Wildman–Crippen MR) is 71.3 cm³/mol. The van der Waals surface area contributed by atoms with E-state index in [0.717, 1.165) is 0 Å². The second kappa shape index (κ2) is 4.13. The van der Waals surface area contributed by atoms with Crippen molar-refractivity contribution in [2.24, 2.45) is 0 Å². The third-order valence-electron chi connectivity index (χ3n) is 3.41. The first-order chi connectivity index (χ1) is 7.95. The molecule has 0 N–H and O–H groups in total. The average molecular weight is 208 g/mol. The molecule has 2 aromatic carbocycles. The Morgan fingerprint density at radius 1 is 0.625 bits per heavy atom. The summed E-state index contributed by atoms with van der Waals surface area (Å²) in [4.78, 5) is 0. The molecule has 0 unspecified atom stereocenters. The molecule has 0 aromatic heterocycles. The van der Waals surface area contributed by atoms with Crippen LogP contribution in [-0.2, 0) is 0 Å². The van der Waals surface area contributed by atoms with Gasteiger partial charge in [-0.2, -0.15) is 0 Å². The van der Waals surface area contributed by atoms with Crippen LogP contribution in [0.5, 0.6) is 0 Å². The molecule has 2 aliphatic carbocycles. The highest BCUT2D eigenvalue weighted by Crippen LogP contribution is 2.30. The molecule has 0 aliphatic heterocycles. The molecule has 2 aromatic rings. The molecule has 0 saturated heterocycles. The van der Waals surface area contributed by atoms with Gasteiger partial charge in [0.2, 0.25) is 0 Å². The zero-order chi connectivity index (χ0) is 10.8. The molecule has 16 heavy (non-hydrogen) atoms. The number of hydrogen-bond acceptors (Lipinski definition) is 0. The molecular formula is C16H16. The third kappa shape index (κ3) is 1.65. The second-order valence-electron chi connectivity index (χ2n) is 4.54. The molecule has 0 heteroatoms. The van der Waals surface area contributed by atoms with Crippen molar-refractivity contribution in [3.05, 3.63) is 47.5 Å². The fourth-order valence-electron chi connectivity index (χ4n) is 2.11. The maximum Gasteiger partial charge on any atom is -0.00389 e. The zero-order valence-electron chi connectivity index (χ0n) is 9.45. The van der Waals surface area contributed by atoms with Crippen LogP contribution in [0.1, 0.15) is 36.8 Å². The number of hydrogen-bond donors (Lipinski definition) is 0. The lowest BCUT2D eigenvalue weighted by Gasteiger charge is -2.05. The minimum absolute atomic E-state index is 1.34. The van der Waals surface area contributed by atoms with Gasteiger partial charge in [-0.25, -0.2) is 0 Å². The van der Waals surface area contributed by atoms with Gasteiger partial charge >= 0.3 is 0 Å². The van der Waals surface area contributed by atoms with Crippen LogP contribution in [0.15, 0.2) is 36.4 Å². The lowest BCUT2D eigenvalue weighted by molar-refractivity contribution is 0.504. The molecule has 4 rings (SSSR count). The first-order valence-electron chi connectivity index (χ1n) is 6.15. The van der Waals surface area contributed by atoms with Gasteiger partial charge in [0.05, 0.1) is 0 Å². The Morgan fingerprint density at radius 2 is 1.12 bits per heavy atom. The van der Waals surface area contributed by atoms with Crippen LogP contribution in [-0.4, -0.2) is 0 Å². The molecular weight excluding hydrogens is 192 g/mol. The minimum Gasteiger partial charge on any atom is -0.0610 e.